The predicted molar refractivity (Wildman–Crippen MR) is 120 cm³/mol. The van der Waals surface area contributed by atoms with Crippen LogP contribution >= 0.6 is 15.9 Å². The Hall–Kier alpha value is -3.12. The van der Waals surface area contributed by atoms with Gasteiger partial charge in [-0.3, -0.25) is 4.79 Å². The number of benzene rings is 3. The van der Waals surface area contributed by atoms with Crippen molar-refractivity contribution in [2.45, 2.75) is 19.6 Å². The highest BCUT2D eigenvalue weighted by Crippen LogP contribution is 2.18. The molecule has 0 aliphatic rings. The second-order valence-electron chi connectivity index (χ2n) is 6.42. The lowest BCUT2D eigenvalue weighted by atomic mass is 10.2. The molecule has 0 bridgehead atoms. The average Bonchev–Trinajstić information content (AvgIpc) is 2.75. The third-order valence-electron chi connectivity index (χ3n) is 4.16. The van der Waals surface area contributed by atoms with E-state index in [9.17, 15) is 4.79 Å². The van der Waals surface area contributed by atoms with Gasteiger partial charge in [0.15, 0.2) is 0 Å². The fourth-order valence-corrected chi connectivity index (χ4v) is 2.84. The lowest BCUT2D eigenvalue weighted by Crippen LogP contribution is -2.34. The van der Waals surface area contributed by atoms with E-state index in [4.69, 9.17) is 4.74 Å². The standard InChI is InChI=1S/C23H22BrN3O2/c1-17(26-21-13-11-20(24)12-14-21)23(28)27-25-15-19-9-5-6-10-22(19)29-16-18-7-3-2-4-8-18/h2-15,17,26H,16H2,1H3,(H,27,28)/t17-/m0/s1. The van der Waals surface area contributed by atoms with Crippen molar-refractivity contribution in [3.63, 3.8) is 0 Å². The molecule has 1 amide bonds. The monoisotopic (exact) mass is 451 g/mol. The highest BCUT2D eigenvalue weighted by molar-refractivity contribution is 9.10. The maximum absolute atomic E-state index is 12.3. The van der Waals surface area contributed by atoms with Crippen molar-refractivity contribution in [2.24, 2.45) is 5.10 Å². The first kappa shape index (κ1) is 20.6. The minimum Gasteiger partial charge on any atom is -0.488 e. The summed E-state index contributed by atoms with van der Waals surface area (Å²) >= 11 is 3.39. The van der Waals surface area contributed by atoms with Gasteiger partial charge in [-0.05, 0) is 48.9 Å². The molecule has 3 aromatic rings. The number of amides is 1. The number of anilines is 1. The molecule has 0 radical (unpaired) electrons. The number of hydrogen-bond acceptors (Lipinski definition) is 4. The van der Waals surface area contributed by atoms with Gasteiger partial charge in [-0.15, -0.1) is 0 Å². The molecule has 0 fully saturated rings. The Morgan fingerprint density at radius 2 is 1.72 bits per heavy atom. The first-order valence-electron chi connectivity index (χ1n) is 9.22. The number of ether oxygens (including phenoxy) is 1. The summed E-state index contributed by atoms with van der Waals surface area (Å²) in [5, 5.41) is 7.22. The van der Waals surface area contributed by atoms with Gasteiger partial charge in [0.1, 0.15) is 18.4 Å². The summed E-state index contributed by atoms with van der Waals surface area (Å²) in [6.45, 7) is 2.25. The fraction of sp³-hybridized carbons (Fsp3) is 0.130. The maximum atomic E-state index is 12.3. The number of carbonyl (C=O) groups excluding carboxylic acids is 1. The van der Waals surface area contributed by atoms with Crippen LogP contribution in [-0.4, -0.2) is 18.2 Å². The molecule has 0 heterocycles. The van der Waals surface area contributed by atoms with Crippen LogP contribution in [0.2, 0.25) is 0 Å². The van der Waals surface area contributed by atoms with Crippen molar-refractivity contribution in [1.29, 1.82) is 0 Å². The zero-order valence-electron chi connectivity index (χ0n) is 16.0. The van der Waals surface area contributed by atoms with Crippen LogP contribution in [0.5, 0.6) is 5.75 Å². The number of halogens is 1. The normalized spacial score (nSPS) is 11.8. The second-order valence-corrected chi connectivity index (χ2v) is 7.33. The zero-order valence-corrected chi connectivity index (χ0v) is 17.6. The predicted octanol–water partition coefficient (Wildman–Crippen LogP) is 4.98. The summed E-state index contributed by atoms with van der Waals surface area (Å²) < 4.78 is 6.88. The van der Waals surface area contributed by atoms with Crippen molar-refractivity contribution < 1.29 is 9.53 Å². The van der Waals surface area contributed by atoms with E-state index in [1.165, 1.54) is 0 Å². The molecule has 6 heteroatoms. The topological polar surface area (TPSA) is 62.7 Å². The smallest absolute Gasteiger partial charge is 0.262 e. The third kappa shape index (κ3) is 6.47. The van der Waals surface area contributed by atoms with Crippen LogP contribution in [0, 0.1) is 0 Å². The third-order valence-corrected chi connectivity index (χ3v) is 4.68. The summed E-state index contributed by atoms with van der Waals surface area (Å²) in [4.78, 5) is 12.3. The average molecular weight is 452 g/mol. The van der Waals surface area contributed by atoms with E-state index in [1.54, 1.807) is 13.1 Å². The van der Waals surface area contributed by atoms with Crippen LogP contribution in [0.3, 0.4) is 0 Å². The Morgan fingerprint density at radius 1 is 1.03 bits per heavy atom. The quantitative estimate of drug-likeness (QED) is 0.375. The molecule has 0 saturated heterocycles. The molecule has 1 atom stereocenters. The minimum absolute atomic E-state index is 0.230. The molecule has 3 rings (SSSR count). The Balaban J connectivity index is 1.55. The van der Waals surface area contributed by atoms with Gasteiger partial charge in [0.25, 0.3) is 5.91 Å². The van der Waals surface area contributed by atoms with Gasteiger partial charge in [-0.25, -0.2) is 5.43 Å². The summed E-state index contributed by atoms with van der Waals surface area (Å²) in [5.74, 6) is 0.474. The number of nitrogens with zero attached hydrogens (tertiary/aromatic N) is 1. The van der Waals surface area contributed by atoms with Gasteiger partial charge >= 0.3 is 0 Å². The molecule has 2 N–H and O–H groups in total. The van der Waals surface area contributed by atoms with Gasteiger partial charge in [0.05, 0.1) is 6.21 Å². The van der Waals surface area contributed by atoms with E-state index >= 15 is 0 Å². The molecule has 3 aromatic carbocycles. The molecule has 0 saturated carbocycles. The lowest BCUT2D eigenvalue weighted by molar-refractivity contribution is -0.121. The summed E-state index contributed by atoms with van der Waals surface area (Å²) in [7, 11) is 0. The molecule has 0 aliphatic carbocycles. The van der Waals surface area contributed by atoms with E-state index < -0.39 is 6.04 Å². The largest absolute Gasteiger partial charge is 0.488 e. The zero-order chi connectivity index (χ0) is 20.5. The molecule has 29 heavy (non-hydrogen) atoms. The molecule has 5 nitrogen and oxygen atoms in total. The molecular formula is C23H22BrN3O2. The van der Waals surface area contributed by atoms with E-state index in [2.05, 4.69) is 31.8 Å². The van der Waals surface area contributed by atoms with Crippen molar-refractivity contribution >= 4 is 33.7 Å². The molecular weight excluding hydrogens is 430 g/mol. The Labute approximate surface area is 178 Å². The van der Waals surface area contributed by atoms with Gasteiger partial charge in [0, 0.05) is 15.7 Å². The number of hydrazone groups is 1. The van der Waals surface area contributed by atoms with Crippen molar-refractivity contribution in [3.05, 3.63) is 94.5 Å². The van der Waals surface area contributed by atoms with Crippen LogP contribution in [0.1, 0.15) is 18.1 Å². The summed E-state index contributed by atoms with van der Waals surface area (Å²) in [5.41, 5.74) is 5.30. The van der Waals surface area contributed by atoms with E-state index in [0.29, 0.717) is 12.4 Å². The second kappa shape index (κ2) is 10.4. The van der Waals surface area contributed by atoms with Crippen molar-refractivity contribution in [3.8, 4) is 5.75 Å². The summed E-state index contributed by atoms with van der Waals surface area (Å²) in [6.07, 6.45) is 1.59. The van der Waals surface area contributed by atoms with Crippen molar-refractivity contribution in [1.82, 2.24) is 5.43 Å². The number of hydrogen-bond donors (Lipinski definition) is 2. The van der Waals surface area contributed by atoms with Crippen LogP contribution < -0.4 is 15.5 Å². The van der Waals surface area contributed by atoms with Crippen LogP contribution in [0.25, 0.3) is 0 Å². The van der Waals surface area contributed by atoms with E-state index in [1.807, 2.05) is 78.9 Å². The minimum atomic E-state index is -0.433. The number of rotatable bonds is 8. The Kier molecular flexibility index (Phi) is 7.41. The summed E-state index contributed by atoms with van der Waals surface area (Å²) in [6, 6.07) is 24.7. The molecule has 0 spiro atoms. The van der Waals surface area contributed by atoms with E-state index in [-0.39, 0.29) is 5.91 Å². The number of para-hydroxylation sites is 1. The molecule has 0 aliphatic heterocycles. The Bertz CT molecular complexity index is 959. The fourth-order valence-electron chi connectivity index (χ4n) is 2.58. The van der Waals surface area contributed by atoms with Crippen molar-refractivity contribution in [2.75, 3.05) is 5.32 Å². The van der Waals surface area contributed by atoms with Gasteiger partial charge in [-0.1, -0.05) is 58.4 Å². The molecule has 0 unspecified atom stereocenters. The first-order chi connectivity index (χ1) is 14.1. The van der Waals surface area contributed by atoms with Crippen LogP contribution in [0.15, 0.2) is 88.4 Å². The first-order valence-corrected chi connectivity index (χ1v) is 10.0. The number of carbonyl (C=O) groups is 1. The molecule has 148 valence electrons. The maximum Gasteiger partial charge on any atom is 0.262 e. The highest BCUT2D eigenvalue weighted by Gasteiger charge is 2.11. The lowest BCUT2D eigenvalue weighted by Gasteiger charge is -2.13. The number of nitrogens with one attached hydrogen (secondary N) is 2. The van der Waals surface area contributed by atoms with Crippen LogP contribution in [-0.2, 0) is 11.4 Å². The van der Waals surface area contributed by atoms with Crippen LogP contribution in [0.4, 0.5) is 5.69 Å². The van der Waals surface area contributed by atoms with Gasteiger partial charge in [0.2, 0.25) is 0 Å². The van der Waals surface area contributed by atoms with Gasteiger partial charge in [-0.2, -0.15) is 5.10 Å². The highest BCUT2D eigenvalue weighted by atomic mass is 79.9. The molecule has 0 aromatic heterocycles. The van der Waals surface area contributed by atoms with Gasteiger partial charge < -0.3 is 10.1 Å². The SMILES string of the molecule is C[C@H](Nc1ccc(Br)cc1)C(=O)NN=Cc1ccccc1OCc1ccccc1. The van der Waals surface area contributed by atoms with E-state index in [0.717, 1.165) is 21.3 Å². The Morgan fingerprint density at radius 3 is 2.48 bits per heavy atom.